The van der Waals surface area contributed by atoms with Crippen LogP contribution in [0.15, 0.2) is 48.8 Å². The summed E-state index contributed by atoms with van der Waals surface area (Å²) in [6.07, 6.45) is 6.06. The van der Waals surface area contributed by atoms with Gasteiger partial charge in [0.1, 0.15) is 0 Å². The molecule has 112 valence electrons. The summed E-state index contributed by atoms with van der Waals surface area (Å²) in [5.74, 6) is 0.182. The number of pyridine rings is 1. The first-order valence-corrected chi connectivity index (χ1v) is 7.50. The number of H-pyrrole nitrogens is 1. The van der Waals surface area contributed by atoms with Crippen molar-refractivity contribution < 1.29 is 5.11 Å². The summed E-state index contributed by atoms with van der Waals surface area (Å²) in [4.78, 5) is 0. The van der Waals surface area contributed by atoms with Gasteiger partial charge in [0.25, 0.3) is 0 Å². The average Bonchev–Trinajstić information content (AvgIpc) is 3.06. The van der Waals surface area contributed by atoms with Crippen LogP contribution in [0.5, 0.6) is 5.75 Å². The van der Waals surface area contributed by atoms with E-state index in [2.05, 4.69) is 15.4 Å². The number of aromatic amines is 1. The SMILES string of the molecule is Oc1c(CCCc2cn[nH]n2)ccn(-c2ccccc2)c1=S. The molecular weight excluding hydrogens is 296 g/mol. The molecule has 6 heteroatoms. The average molecular weight is 312 g/mol. The maximum Gasteiger partial charge on any atom is 0.154 e. The molecule has 2 aromatic heterocycles. The Morgan fingerprint density at radius 3 is 2.68 bits per heavy atom. The quantitative estimate of drug-likeness (QED) is 0.710. The molecule has 2 N–H and O–H groups in total. The summed E-state index contributed by atoms with van der Waals surface area (Å²) in [6, 6.07) is 11.7. The fourth-order valence-electron chi connectivity index (χ4n) is 2.36. The van der Waals surface area contributed by atoms with Gasteiger partial charge in [-0.2, -0.15) is 15.4 Å². The third-order valence-corrected chi connectivity index (χ3v) is 3.92. The van der Waals surface area contributed by atoms with E-state index >= 15 is 0 Å². The smallest absolute Gasteiger partial charge is 0.154 e. The Hall–Kier alpha value is -2.47. The third-order valence-electron chi connectivity index (χ3n) is 3.53. The minimum absolute atomic E-state index is 0.182. The second kappa shape index (κ2) is 6.53. The van der Waals surface area contributed by atoms with Crippen LogP contribution in [0.2, 0.25) is 0 Å². The van der Waals surface area contributed by atoms with Gasteiger partial charge in [-0.1, -0.05) is 30.4 Å². The molecule has 0 aliphatic carbocycles. The number of nitrogens with zero attached hydrogens (tertiary/aromatic N) is 3. The zero-order valence-electron chi connectivity index (χ0n) is 11.9. The highest BCUT2D eigenvalue weighted by molar-refractivity contribution is 7.71. The van der Waals surface area contributed by atoms with Gasteiger partial charge < -0.3 is 9.67 Å². The Balaban J connectivity index is 1.77. The number of aromatic nitrogens is 4. The Bertz CT molecular complexity index is 797. The number of hydrogen-bond acceptors (Lipinski definition) is 4. The summed E-state index contributed by atoms with van der Waals surface area (Å²) in [6.45, 7) is 0. The number of benzene rings is 1. The molecule has 0 fully saturated rings. The van der Waals surface area contributed by atoms with Crippen molar-refractivity contribution in [3.05, 3.63) is 64.7 Å². The lowest BCUT2D eigenvalue weighted by atomic mass is 10.1. The van der Waals surface area contributed by atoms with Crippen molar-refractivity contribution >= 4 is 12.2 Å². The first-order valence-electron chi connectivity index (χ1n) is 7.09. The molecule has 0 saturated heterocycles. The number of aromatic hydroxyl groups is 1. The van der Waals surface area contributed by atoms with E-state index in [9.17, 15) is 5.11 Å². The van der Waals surface area contributed by atoms with Crippen LogP contribution in [0.1, 0.15) is 17.7 Å². The van der Waals surface area contributed by atoms with E-state index in [1.807, 2.05) is 47.2 Å². The molecule has 0 aliphatic heterocycles. The molecule has 1 aromatic carbocycles. The number of hydrogen-bond donors (Lipinski definition) is 2. The lowest BCUT2D eigenvalue weighted by Gasteiger charge is -2.11. The predicted octanol–water partition coefficient (Wildman–Crippen LogP) is 3.21. The van der Waals surface area contributed by atoms with Crippen LogP contribution >= 0.6 is 12.2 Å². The molecule has 0 saturated carbocycles. The van der Waals surface area contributed by atoms with Gasteiger partial charge in [-0.3, -0.25) is 0 Å². The van der Waals surface area contributed by atoms with E-state index in [4.69, 9.17) is 12.2 Å². The fourth-order valence-corrected chi connectivity index (χ4v) is 2.66. The van der Waals surface area contributed by atoms with Gasteiger partial charge in [0.2, 0.25) is 0 Å². The minimum atomic E-state index is 0.182. The molecule has 3 rings (SSSR count). The maximum absolute atomic E-state index is 10.3. The molecule has 0 unspecified atom stereocenters. The highest BCUT2D eigenvalue weighted by Gasteiger charge is 2.07. The van der Waals surface area contributed by atoms with Crippen molar-refractivity contribution in [1.82, 2.24) is 20.0 Å². The fraction of sp³-hybridized carbons (Fsp3) is 0.188. The Morgan fingerprint density at radius 2 is 1.95 bits per heavy atom. The second-order valence-electron chi connectivity index (χ2n) is 5.02. The normalized spacial score (nSPS) is 10.7. The molecule has 0 radical (unpaired) electrons. The molecule has 0 atom stereocenters. The molecule has 0 aliphatic rings. The van der Waals surface area contributed by atoms with E-state index in [1.165, 1.54) is 0 Å². The predicted molar refractivity (Wildman–Crippen MR) is 86.7 cm³/mol. The van der Waals surface area contributed by atoms with E-state index in [0.29, 0.717) is 4.64 Å². The standard InChI is InChI=1S/C16H16N4OS/c21-15-12(5-4-6-13-11-17-19-18-13)9-10-20(16(15)22)14-7-2-1-3-8-14/h1-3,7-11,21H,4-6H2,(H,17,18,19). The topological polar surface area (TPSA) is 66.7 Å². The van der Waals surface area contributed by atoms with Gasteiger partial charge in [-0.05, 0) is 43.0 Å². The molecule has 0 amide bonds. The number of aryl methyl sites for hydroxylation is 2. The summed E-state index contributed by atoms with van der Waals surface area (Å²) in [5, 5.41) is 20.7. The van der Waals surface area contributed by atoms with Gasteiger partial charge in [0.15, 0.2) is 10.4 Å². The van der Waals surface area contributed by atoms with E-state index in [-0.39, 0.29) is 5.75 Å². The van der Waals surface area contributed by atoms with Crippen molar-refractivity contribution in [2.45, 2.75) is 19.3 Å². The van der Waals surface area contributed by atoms with Gasteiger partial charge in [-0.25, -0.2) is 0 Å². The van der Waals surface area contributed by atoms with Crippen LogP contribution in [0.4, 0.5) is 0 Å². The van der Waals surface area contributed by atoms with Gasteiger partial charge in [-0.15, -0.1) is 0 Å². The first kappa shape index (κ1) is 14.5. The molecule has 0 bridgehead atoms. The third kappa shape index (κ3) is 3.07. The summed E-state index contributed by atoms with van der Waals surface area (Å²) < 4.78 is 2.25. The van der Waals surface area contributed by atoms with Crippen LogP contribution < -0.4 is 0 Å². The molecule has 0 spiro atoms. The highest BCUT2D eigenvalue weighted by Crippen LogP contribution is 2.23. The Labute approximate surface area is 133 Å². The lowest BCUT2D eigenvalue weighted by molar-refractivity contribution is 0.459. The Morgan fingerprint density at radius 1 is 1.14 bits per heavy atom. The van der Waals surface area contributed by atoms with Gasteiger partial charge in [0, 0.05) is 11.9 Å². The van der Waals surface area contributed by atoms with E-state index in [0.717, 1.165) is 36.2 Å². The van der Waals surface area contributed by atoms with E-state index < -0.39 is 0 Å². The Kier molecular flexibility index (Phi) is 4.29. The number of rotatable bonds is 5. The summed E-state index contributed by atoms with van der Waals surface area (Å²) in [7, 11) is 0. The molecule has 5 nitrogen and oxygen atoms in total. The molecule has 3 aromatic rings. The number of nitrogens with one attached hydrogen (secondary N) is 1. The summed E-state index contributed by atoms with van der Waals surface area (Å²) in [5.41, 5.74) is 2.73. The van der Waals surface area contributed by atoms with Crippen LogP contribution in [0, 0.1) is 4.64 Å². The van der Waals surface area contributed by atoms with Crippen molar-refractivity contribution in [2.75, 3.05) is 0 Å². The highest BCUT2D eigenvalue weighted by atomic mass is 32.1. The number of para-hydroxylation sites is 1. The molecular formula is C16H16N4OS. The molecule has 2 heterocycles. The van der Waals surface area contributed by atoms with Crippen molar-refractivity contribution in [3.63, 3.8) is 0 Å². The van der Waals surface area contributed by atoms with Gasteiger partial charge in [0.05, 0.1) is 11.9 Å². The van der Waals surface area contributed by atoms with E-state index in [1.54, 1.807) is 6.20 Å². The zero-order chi connectivity index (χ0) is 15.4. The maximum atomic E-state index is 10.3. The van der Waals surface area contributed by atoms with Crippen LogP contribution in [-0.4, -0.2) is 25.1 Å². The largest absolute Gasteiger partial charge is 0.505 e. The van der Waals surface area contributed by atoms with Gasteiger partial charge >= 0.3 is 0 Å². The van der Waals surface area contributed by atoms with Crippen LogP contribution in [-0.2, 0) is 12.8 Å². The molecule has 22 heavy (non-hydrogen) atoms. The minimum Gasteiger partial charge on any atom is -0.505 e. The van der Waals surface area contributed by atoms with Crippen molar-refractivity contribution in [3.8, 4) is 11.4 Å². The van der Waals surface area contributed by atoms with Crippen molar-refractivity contribution in [2.24, 2.45) is 0 Å². The summed E-state index contributed by atoms with van der Waals surface area (Å²) >= 11 is 5.38. The lowest BCUT2D eigenvalue weighted by Crippen LogP contribution is -1.99. The first-order chi connectivity index (χ1) is 10.8. The monoisotopic (exact) mass is 312 g/mol. The van der Waals surface area contributed by atoms with Crippen LogP contribution in [0.25, 0.3) is 5.69 Å². The van der Waals surface area contributed by atoms with Crippen LogP contribution in [0.3, 0.4) is 0 Å². The van der Waals surface area contributed by atoms with Crippen molar-refractivity contribution in [1.29, 1.82) is 0 Å². The second-order valence-corrected chi connectivity index (χ2v) is 5.40. The zero-order valence-corrected chi connectivity index (χ0v) is 12.8.